The molecule has 0 fully saturated rings. The molecule has 0 bridgehead atoms. The standard InChI is InChI=1S/C8H17NO/c1-5(2)7(9)8(10)6(3)4/h5-6,10H,9H2,1-4H3/b8-7-. The summed E-state index contributed by atoms with van der Waals surface area (Å²) < 4.78 is 0. The van der Waals surface area contributed by atoms with E-state index in [9.17, 15) is 5.11 Å². The number of hydrogen-bond donors (Lipinski definition) is 2. The number of rotatable bonds is 2. The number of aliphatic hydroxyl groups is 1. The van der Waals surface area contributed by atoms with Crippen LogP contribution in [0.3, 0.4) is 0 Å². The summed E-state index contributed by atoms with van der Waals surface area (Å²) in [7, 11) is 0. The summed E-state index contributed by atoms with van der Waals surface area (Å²) in [6, 6.07) is 0. The van der Waals surface area contributed by atoms with E-state index >= 15 is 0 Å². The Morgan fingerprint density at radius 2 is 1.50 bits per heavy atom. The molecule has 0 saturated carbocycles. The number of nitrogens with two attached hydrogens (primary N) is 1. The van der Waals surface area contributed by atoms with E-state index in [1.807, 2.05) is 27.7 Å². The molecule has 2 heteroatoms. The molecule has 0 aromatic rings. The number of allylic oxidation sites excluding steroid dienone is 2. The van der Waals surface area contributed by atoms with Gasteiger partial charge >= 0.3 is 0 Å². The van der Waals surface area contributed by atoms with Crippen LogP contribution < -0.4 is 5.73 Å². The second kappa shape index (κ2) is 3.49. The summed E-state index contributed by atoms with van der Waals surface area (Å²) in [4.78, 5) is 0. The second-order valence-corrected chi connectivity index (χ2v) is 3.15. The maximum absolute atomic E-state index is 9.32. The maximum Gasteiger partial charge on any atom is 0.114 e. The van der Waals surface area contributed by atoms with Gasteiger partial charge in [0.05, 0.1) is 0 Å². The molecule has 0 aliphatic carbocycles. The Kier molecular flexibility index (Phi) is 3.26. The highest BCUT2D eigenvalue weighted by molar-refractivity contribution is 5.06. The lowest BCUT2D eigenvalue weighted by Crippen LogP contribution is -2.12. The molecule has 60 valence electrons. The van der Waals surface area contributed by atoms with Gasteiger partial charge in [0.2, 0.25) is 0 Å². The van der Waals surface area contributed by atoms with Gasteiger partial charge < -0.3 is 10.8 Å². The Labute approximate surface area is 62.7 Å². The summed E-state index contributed by atoms with van der Waals surface area (Å²) in [6.45, 7) is 7.77. The Morgan fingerprint density at radius 3 is 1.60 bits per heavy atom. The predicted molar refractivity (Wildman–Crippen MR) is 43.5 cm³/mol. The van der Waals surface area contributed by atoms with Crippen molar-refractivity contribution in [1.82, 2.24) is 0 Å². The minimum absolute atomic E-state index is 0.141. The van der Waals surface area contributed by atoms with E-state index in [1.54, 1.807) is 0 Å². The van der Waals surface area contributed by atoms with E-state index in [2.05, 4.69) is 0 Å². The molecule has 0 spiro atoms. The Bertz CT molecular complexity index is 120. The number of aliphatic hydroxyl groups excluding tert-OH is 1. The fraction of sp³-hybridized carbons (Fsp3) is 0.750. The molecule has 3 N–H and O–H groups in total. The molecule has 0 aromatic heterocycles. The van der Waals surface area contributed by atoms with Gasteiger partial charge in [-0.15, -0.1) is 0 Å². The molecule has 0 aliphatic heterocycles. The van der Waals surface area contributed by atoms with E-state index < -0.39 is 0 Å². The van der Waals surface area contributed by atoms with Crippen LogP contribution in [0.25, 0.3) is 0 Å². The van der Waals surface area contributed by atoms with Crippen molar-refractivity contribution in [1.29, 1.82) is 0 Å². The van der Waals surface area contributed by atoms with Gasteiger partial charge in [0.1, 0.15) is 5.76 Å². The molecular weight excluding hydrogens is 126 g/mol. The van der Waals surface area contributed by atoms with E-state index in [0.29, 0.717) is 11.5 Å². The summed E-state index contributed by atoms with van der Waals surface area (Å²) in [5.41, 5.74) is 6.20. The molecule has 0 amide bonds. The van der Waals surface area contributed by atoms with Crippen molar-refractivity contribution in [2.45, 2.75) is 27.7 Å². The van der Waals surface area contributed by atoms with Crippen molar-refractivity contribution in [3.05, 3.63) is 11.5 Å². The molecule has 0 aromatic carbocycles. The predicted octanol–water partition coefficient (Wildman–Crippen LogP) is 2.03. The molecule has 0 atom stereocenters. The van der Waals surface area contributed by atoms with E-state index in [4.69, 9.17) is 5.73 Å². The molecule has 0 unspecified atom stereocenters. The Balaban J connectivity index is 4.34. The highest BCUT2D eigenvalue weighted by Gasteiger charge is 2.08. The van der Waals surface area contributed by atoms with Gasteiger partial charge in [0.15, 0.2) is 0 Å². The summed E-state index contributed by atoms with van der Waals surface area (Å²) >= 11 is 0. The first kappa shape index (κ1) is 9.34. The SMILES string of the molecule is CC(C)/C(N)=C(/O)C(C)C. The van der Waals surface area contributed by atoms with Crippen molar-refractivity contribution in [2.24, 2.45) is 17.6 Å². The number of hydrogen-bond acceptors (Lipinski definition) is 2. The zero-order chi connectivity index (χ0) is 8.31. The smallest absolute Gasteiger partial charge is 0.114 e. The maximum atomic E-state index is 9.32. The lowest BCUT2D eigenvalue weighted by atomic mass is 10.0. The van der Waals surface area contributed by atoms with Crippen LogP contribution in [-0.2, 0) is 0 Å². The Hall–Kier alpha value is -0.660. The van der Waals surface area contributed by atoms with Crippen LogP contribution in [0, 0.1) is 11.8 Å². The quantitative estimate of drug-likeness (QED) is 0.581. The first-order valence-corrected chi connectivity index (χ1v) is 3.65. The van der Waals surface area contributed by atoms with Crippen molar-refractivity contribution < 1.29 is 5.11 Å². The third-order valence-corrected chi connectivity index (χ3v) is 1.46. The minimum Gasteiger partial charge on any atom is -0.510 e. The normalized spacial score (nSPS) is 14.2. The average Bonchev–Trinajstić information content (AvgIpc) is 1.84. The molecular formula is C8H17NO. The third kappa shape index (κ3) is 2.29. The molecule has 0 heterocycles. The van der Waals surface area contributed by atoms with Gasteiger partial charge in [-0.2, -0.15) is 0 Å². The van der Waals surface area contributed by atoms with Gasteiger partial charge in [0.25, 0.3) is 0 Å². The highest BCUT2D eigenvalue weighted by atomic mass is 16.3. The zero-order valence-corrected chi connectivity index (χ0v) is 7.18. The molecule has 0 rings (SSSR count). The van der Waals surface area contributed by atoms with Crippen LogP contribution in [0.1, 0.15) is 27.7 Å². The van der Waals surface area contributed by atoms with Gasteiger partial charge in [0, 0.05) is 11.6 Å². The first-order chi connectivity index (χ1) is 4.46. The monoisotopic (exact) mass is 143 g/mol. The first-order valence-electron chi connectivity index (χ1n) is 3.65. The van der Waals surface area contributed by atoms with E-state index in [-0.39, 0.29) is 11.8 Å². The zero-order valence-electron chi connectivity index (χ0n) is 7.18. The van der Waals surface area contributed by atoms with Crippen LogP contribution in [0.2, 0.25) is 0 Å². The van der Waals surface area contributed by atoms with E-state index in [1.165, 1.54) is 0 Å². The minimum atomic E-state index is 0.141. The molecule has 10 heavy (non-hydrogen) atoms. The largest absolute Gasteiger partial charge is 0.510 e. The fourth-order valence-electron chi connectivity index (χ4n) is 0.629. The fourth-order valence-corrected chi connectivity index (χ4v) is 0.629. The van der Waals surface area contributed by atoms with Crippen LogP contribution in [0.5, 0.6) is 0 Å². The highest BCUT2D eigenvalue weighted by Crippen LogP contribution is 2.13. The summed E-state index contributed by atoms with van der Waals surface area (Å²) in [6.07, 6.45) is 0. The van der Waals surface area contributed by atoms with Crippen LogP contribution in [0.4, 0.5) is 0 Å². The second-order valence-electron chi connectivity index (χ2n) is 3.15. The van der Waals surface area contributed by atoms with Crippen molar-refractivity contribution in [3.63, 3.8) is 0 Å². The lowest BCUT2D eigenvalue weighted by Gasteiger charge is -2.11. The van der Waals surface area contributed by atoms with Gasteiger partial charge in [-0.25, -0.2) is 0 Å². The van der Waals surface area contributed by atoms with Crippen molar-refractivity contribution >= 4 is 0 Å². The molecule has 0 saturated heterocycles. The van der Waals surface area contributed by atoms with Crippen molar-refractivity contribution in [2.75, 3.05) is 0 Å². The third-order valence-electron chi connectivity index (χ3n) is 1.46. The Morgan fingerprint density at radius 1 is 1.10 bits per heavy atom. The molecule has 2 nitrogen and oxygen atoms in total. The van der Waals surface area contributed by atoms with Gasteiger partial charge in [-0.3, -0.25) is 0 Å². The van der Waals surface area contributed by atoms with Crippen LogP contribution in [-0.4, -0.2) is 5.11 Å². The van der Waals surface area contributed by atoms with Crippen LogP contribution in [0.15, 0.2) is 11.5 Å². The average molecular weight is 143 g/mol. The summed E-state index contributed by atoms with van der Waals surface area (Å²) in [5, 5.41) is 9.32. The van der Waals surface area contributed by atoms with Gasteiger partial charge in [-0.1, -0.05) is 27.7 Å². The summed E-state index contributed by atoms with van der Waals surface area (Å²) in [5.74, 6) is 0.708. The lowest BCUT2D eigenvalue weighted by molar-refractivity contribution is 0.336. The van der Waals surface area contributed by atoms with Crippen LogP contribution >= 0.6 is 0 Å². The van der Waals surface area contributed by atoms with E-state index in [0.717, 1.165) is 0 Å². The molecule has 0 aliphatic rings. The molecule has 0 radical (unpaired) electrons. The van der Waals surface area contributed by atoms with Crippen molar-refractivity contribution in [3.8, 4) is 0 Å². The topological polar surface area (TPSA) is 46.2 Å². The van der Waals surface area contributed by atoms with Gasteiger partial charge in [-0.05, 0) is 5.92 Å².